The van der Waals surface area contributed by atoms with Gasteiger partial charge in [0.05, 0.1) is 4.91 Å². The highest BCUT2D eigenvalue weighted by Crippen LogP contribution is 2.36. The van der Waals surface area contributed by atoms with Crippen LogP contribution in [0.5, 0.6) is 0 Å². The smallest absolute Gasteiger partial charge is 0.270 e. The molecule has 2 aliphatic rings. The molecule has 0 spiro atoms. The number of hydrogen-bond donors (Lipinski definition) is 0. The van der Waals surface area contributed by atoms with E-state index in [-0.39, 0.29) is 17.0 Å². The lowest BCUT2D eigenvalue weighted by molar-refractivity contribution is -0.122. The molecule has 2 saturated heterocycles. The molecule has 166 valence electrons. The number of rotatable bonds is 6. The van der Waals surface area contributed by atoms with Gasteiger partial charge in [-0.15, -0.1) is 0 Å². The Morgan fingerprint density at radius 1 is 1.13 bits per heavy atom. The SMILES string of the molecule is CCCN1C(=O)/C(=C/c2c(C)c(C#N)c(=O)n(CCC)c2N2CCN(C)CC2)SC1=S. The molecule has 2 aliphatic heterocycles. The summed E-state index contributed by atoms with van der Waals surface area (Å²) in [6.45, 7) is 10.3. The minimum Gasteiger partial charge on any atom is -0.355 e. The summed E-state index contributed by atoms with van der Waals surface area (Å²) in [7, 11) is 2.08. The molecule has 0 unspecified atom stereocenters. The summed E-state index contributed by atoms with van der Waals surface area (Å²) in [6.07, 6.45) is 3.43. The Hall–Kier alpha value is -2.15. The van der Waals surface area contributed by atoms with Crippen LogP contribution in [0.3, 0.4) is 0 Å². The molecule has 1 amide bonds. The Morgan fingerprint density at radius 2 is 1.77 bits per heavy atom. The standard InChI is InChI=1S/C22H29N5O2S2/c1-5-7-26-19(25-11-9-24(4)10-12-25)16(15(3)17(14-23)20(26)28)13-18-21(29)27(8-6-2)22(30)31-18/h13H,5-12H2,1-4H3/b18-13-. The van der Waals surface area contributed by atoms with E-state index in [9.17, 15) is 14.9 Å². The van der Waals surface area contributed by atoms with Crippen LogP contribution >= 0.6 is 24.0 Å². The van der Waals surface area contributed by atoms with Gasteiger partial charge in [0.1, 0.15) is 21.8 Å². The lowest BCUT2D eigenvalue weighted by Crippen LogP contribution is -2.47. The number of carbonyl (C=O) groups excluding carboxylic acids is 1. The average Bonchev–Trinajstić information content (AvgIpc) is 3.01. The minimum atomic E-state index is -0.258. The number of piperazine rings is 1. The molecule has 31 heavy (non-hydrogen) atoms. The number of pyridine rings is 1. The summed E-state index contributed by atoms with van der Waals surface area (Å²) in [5.74, 6) is 0.699. The first kappa shape index (κ1) is 23.5. The highest BCUT2D eigenvalue weighted by atomic mass is 32.2. The maximum atomic E-state index is 13.2. The van der Waals surface area contributed by atoms with Gasteiger partial charge in [-0.2, -0.15) is 5.26 Å². The Kier molecular flexibility index (Phi) is 7.57. The molecule has 0 N–H and O–H groups in total. The van der Waals surface area contributed by atoms with Gasteiger partial charge in [-0.05, 0) is 38.5 Å². The monoisotopic (exact) mass is 459 g/mol. The maximum absolute atomic E-state index is 13.2. The molecule has 9 heteroatoms. The zero-order valence-electron chi connectivity index (χ0n) is 18.6. The summed E-state index contributed by atoms with van der Waals surface area (Å²) in [5, 5.41) is 9.71. The van der Waals surface area contributed by atoms with E-state index in [4.69, 9.17) is 12.2 Å². The van der Waals surface area contributed by atoms with Crippen molar-refractivity contribution in [1.82, 2.24) is 14.4 Å². The molecule has 0 radical (unpaired) electrons. The number of amides is 1. The van der Waals surface area contributed by atoms with Gasteiger partial charge in [0.15, 0.2) is 0 Å². The maximum Gasteiger partial charge on any atom is 0.270 e. The first-order valence-corrected chi connectivity index (χ1v) is 11.9. The zero-order chi connectivity index (χ0) is 22.7. The largest absolute Gasteiger partial charge is 0.355 e. The van der Waals surface area contributed by atoms with Crippen molar-refractivity contribution in [3.63, 3.8) is 0 Å². The molecule has 1 aromatic rings. The molecule has 0 atom stereocenters. The topological polar surface area (TPSA) is 72.6 Å². The van der Waals surface area contributed by atoms with Crippen LogP contribution in [-0.4, -0.2) is 64.4 Å². The van der Waals surface area contributed by atoms with Crippen LogP contribution in [0.4, 0.5) is 5.82 Å². The molecule has 3 rings (SSSR count). The Labute approximate surface area is 193 Å². The van der Waals surface area contributed by atoms with Crippen molar-refractivity contribution in [3.8, 4) is 6.07 Å². The van der Waals surface area contributed by atoms with Gasteiger partial charge in [-0.3, -0.25) is 19.1 Å². The lowest BCUT2D eigenvalue weighted by atomic mass is 10.0. The molecular weight excluding hydrogens is 430 g/mol. The average molecular weight is 460 g/mol. The van der Waals surface area contributed by atoms with Crippen molar-refractivity contribution < 1.29 is 4.79 Å². The van der Waals surface area contributed by atoms with Crippen molar-refractivity contribution in [3.05, 3.63) is 31.9 Å². The van der Waals surface area contributed by atoms with E-state index in [0.29, 0.717) is 27.9 Å². The molecule has 7 nitrogen and oxygen atoms in total. The second-order valence-corrected chi connectivity index (χ2v) is 9.61. The fraction of sp³-hybridized carbons (Fsp3) is 0.545. The van der Waals surface area contributed by atoms with Crippen molar-refractivity contribution in [2.24, 2.45) is 0 Å². The van der Waals surface area contributed by atoms with Gasteiger partial charge in [0.2, 0.25) is 0 Å². The van der Waals surface area contributed by atoms with E-state index in [1.54, 1.807) is 16.4 Å². The van der Waals surface area contributed by atoms with E-state index < -0.39 is 0 Å². The molecule has 2 fully saturated rings. The second-order valence-electron chi connectivity index (χ2n) is 7.93. The van der Waals surface area contributed by atoms with Crippen molar-refractivity contribution in [2.75, 3.05) is 44.7 Å². The van der Waals surface area contributed by atoms with Crippen molar-refractivity contribution in [2.45, 2.75) is 40.2 Å². The number of hydrogen-bond acceptors (Lipinski definition) is 7. The van der Waals surface area contributed by atoms with Crippen LogP contribution in [0.25, 0.3) is 6.08 Å². The second kappa shape index (κ2) is 9.98. The molecular formula is C22H29N5O2S2. The van der Waals surface area contributed by atoms with E-state index in [1.165, 1.54) is 11.8 Å². The van der Waals surface area contributed by atoms with Gasteiger partial charge in [0, 0.05) is 44.8 Å². The van der Waals surface area contributed by atoms with E-state index in [2.05, 4.69) is 22.9 Å². The fourth-order valence-electron chi connectivity index (χ4n) is 3.98. The molecule has 3 heterocycles. The number of carbonyl (C=O) groups is 1. The third kappa shape index (κ3) is 4.56. The van der Waals surface area contributed by atoms with Crippen molar-refractivity contribution >= 4 is 46.1 Å². The number of thiocarbonyl (C=S) groups is 1. The summed E-state index contributed by atoms with van der Waals surface area (Å²) in [4.78, 5) is 32.8. The number of aromatic nitrogens is 1. The van der Waals surface area contributed by atoms with E-state index in [0.717, 1.165) is 50.4 Å². The van der Waals surface area contributed by atoms with Crippen LogP contribution in [0.2, 0.25) is 0 Å². The van der Waals surface area contributed by atoms with Gasteiger partial charge in [-0.25, -0.2) is 0 Å². The normalized spacial score (nSPS) is 18.9. The molecule has 1 aromatic heterocycles. The van der Waals surface area contributed by atoms with Gasteiger partial charge < -0.3 is 9.80 Å². The predicted octanol–water partition coefficient (Wildman–Crippen LogP) is 2.80. The Bertz CT molecular complexity index is 1020. The van der Waals surface area contributed by atoms with Crippen LogP contribution in [-0.2, 0) is 11.3 Å². The molecule has 0 saturated carbocycles. The highest BCUT2D eigenvalue weighted by Gasteiger charge is 2.33. The zero-order valence-corrected chi connectivity index (χ0v) is 20.2. The Morgan fingerprint density at radius 3 is 2.35 bits per heavy atom. The predicted molar refractivity (Wildman–Crippen MR) is 130 cm³/mol. The van der Waals surface area contributed by atoms with Gasteiger partial charge in [0.25, 0.3) is 11.5 Å². The minimum absolute atomic E-state index is 0.104. The summed E-state index contributed by atoms with van der Waals surface area (Å²) < 4.78 is 2.27. The number of nitrogens with zero attached hydrogens (tertiary/aromatic N) is 5. The first-order chi connectivity index (χ1) is 14.8. The van der Waals surface area contributed by atoms with Crippen LogP contribution in [0.15, 0.2) is 9.70 Å². The number of thioether (sulfide) groups is 1. The Balaban J connectivity index is 2.22. The molecule has 0 aromatic carbocycles. The lowest BCUT2D eigenvalue weighted by Gasteiger charge is -2.36. The molecule has 0 bridgehead atoms. The number of likely N-dealkylation sites (N-methyl/N-ethyl adjacent to an activating group) is 1. The van der Waals surface area contributed by atoms with Gasteiger partial charge >= 0.3 is 0 Å². The third-order valence-corrected chi connectivity index (χ3v) is 7.07. The fourth-order valence-corrected chi connectivity index (χ4v) is 5.27. The van der Waals surface area contributed by atoms with Crippen LogP contribution in [0.1, 0.15) is 43.4 Å². The molecule has 0 aliphatic carbocycles. The van der Waals surface area contributed by atoms with Crippen LogP contribution < -0.4 is 10.5 Å². The first-order valence-electron chi connectivity index (χ1n) is 10.7. The number of nitriles is 1. The summed E-state index contributed by atoms with van der Waals surface area (Å²) in [5.41, 5.74) is 1.27. The van der Waals surface area contributed by atoms with E-state index >= 15 is 0 Å². The quantitative estimate of drug-likeness (QED) is 0.478. The summed E-state index contributed by atoms with van der Waals surface area (Å²) in [6, 6.07) is 2.10. The van der Waals surface area contributed by atoms with E-state index in [1.807, 2.05) is 19.9 Å². The highest BCUT2D eigenvalue weighted by molar-refractivity contribution is 8.26. The summed E-state index contributed by atoms with van der Waals surface area (Å²) >= 11 is 6.71. The van der Waals surface area contributed by atoms with Gasteiger partial charge in [-0.1, -0.05) is 37.8 Å². The number of anilines is 1. The van der Waals surface area contributed by atoms with Crippen molar-refractivity contribution in [1.29, 1.82) is 5.26 Å². The third-order valence-electron chi connectivity index (χ3n) is 5.69. The van der Waals surface area contributed by atoms with Crippen LogP contribution in [0, 0.1) is 18.3 Å².